The van der Waals surface area contributed by atoms with Crippen molar-refractivity contribution in [3.05, 3.63) is 35.4 Å². The van der Waals surface area contributed by atoms with Crippen LogP contribution in [-0.2, 0) is 11.0 Å². The summed E-state index contributed by atoms with van der Waals surface area (Å²) in [4.78, 5) is 4.60. The molecule has 1 rings (SSSR count). The van der Waals surface area contributed by atoms with Gasteiger partial charge < -0.3 is 4.84 Å². The summed E-state index contributed by atoms with van der Waals surface area (Å²) in [5, 5.41) is 3.37. The second-order valence-corrected chi connectivity index (χ2v) is 2.70. The van der Waals surface area contributed by atoms with Crippen molar-refractivity contribution in [3.63, 3.8) is 0 Å². The topological polar surface area (TPSA) is 21.6 Å². The smallest absolute Gasteiger partial charge is 0.396 e. The third-order valence-corrected chi connectivity index (χ3v) is 1.56. The van der Waals surface area contributed by atoms with Gasteiger partial charge in [-0.3, -0.25) is 0 Å². The quantitative estimate of drug-likeness (QED) is 0.562. The van der Waals surface area contributed by atoms with Gasteiger partial charge in [-0.05, 0) is 19.1 Å². The van der Waals surface area contributed by atoms with Crippen LogP contribution in [0.4, 0.5) is 13.2 Å². The maximum atomic E-state index is 12.3. The Kier molecular flexibility index (Phi) is 3.71. The zero-order valence-electron chi connectivity index (χ0n) is 8.01. The van der Waals surface area contributed by atoms with Crippen molar-refractivity contribution in [1.29, 1.82) is 0 Å². The summed E-state index contributed by atoms with van der Waals surface area (Å²) >= 11 is 0. The molecule has 0 aliphatic rings. The van der Waals surface area contributed by atoms with Crippen molar-refractivity contribution in [2.45, 2.75) is 13.1 Å². The van der Waals surface area contributed by atoms with Gasteiger partial charge in [0.05, 0.1) is 5.56 Å². The average Bonchev–Trinajstić information content (AvgIpc) is 2.17. The second-order valence-electron chi connectivity index (χ2n) is 2.70. The van der Waals surface area contributed by atoms with Crippen molar-refractivity contribution in [1.82, 2.24) is 0 Å². The molecular weight excluding hydrogens is 207 g/mol. The Morgan fingerprint density at radius 1 is 1.40 bits per heavy atom. The SMILES string of the molecule is CCO/N=[C]/c1cccc(C(F)(F)F)c1. The number of hydrogen-bond acceptors (Lipinski definition) is 2. The van der Waals surface area contributed by atoms with Gasteiger partial charge in [-0.15, -0.1) is 0 Å². The van der Waals surface area contributed by atoms with E-state index in [-0.39, 0.29) is 5.56 Å². The van der Waals surface area contributed by atoms with Crippen molar-refractivity contribution in [2.75, 3.05) is 6.61 Å². The van der Waals surface area contributed by atoms with E-state index in [2.05, 4.69) is 16.2 Å². The number of alkyl halides is 3. The van der Waals surface area contributed by atoms with Gasteiger partial charge in [0.2, 0.25) is 0 Å². The van der Waals surface area contributed by atoms with Crippen molar-refractivity contribution in [2.24, 2.45) is 5.16 Å². The molecule has 0 saturated heterocycles. The third kappa shape index (κ3) is 3.61. The normalized spacial score (nSPS) is 12.0. The van der Waals surface area contributed by atoms with Crippen LogP contribution >= 0.6 is 0 Å². The minimum Gasteiger partial charge on any atom is -0.396 e. The van der Waals surface area contributed by atoms with E-state index in [1.165, 1.54) is 12.1 Å². The Labute approximate surface area is 85.4 Å². The minimum absolute atomic E-state index is 0.235. The molecule has 1 aromatic carbocycles. The minimum atomic E-state index is -4.34. The van der Waals surface area contributed by atoms with E-state index in [1.54, 1.807) is 6.92 Å². The number of rotatable bonds is 3. The molecule has 0 heterocycles. The molecule has 1 radical (unpaired) electrons. The maximum Gasteiger partial charge on any atom is 0.416 e. The van der Waals surface area contributed by atoms with Crippen LogP contribution in [0.1, 0.15) is 18.1 Å². The largest absolute Gasteiger partial charge is 0.416 e. The predicted octanol–water partition coefficient (Wildman–Crippen LogP) is 2.95. The van der Waals surface area contributed by atoms with Gasteiger partial charge in [0.25, 0.3) is 0 Å². The predicted molar refractivity (Wildman–Crippen MR) is 49.6 cm³/mol. The van der Waals surface area contributed by atoms with Crippen LogP contribution in [0.15, 0.2) is 29.4 Å². The lowest BCUT2D eigenvalue weighted by Gasteiger charge is -2.05. The second kappa shape index (κ2) is 4.82. The molecule has 0 unspecified atom stereocenters. The number of benzene rings is 1. The molecule has 5 heteroatoms. The Balaban J connectivity index is 2.84. The average molecular weight is 216 g/mol. The lowest BCUT2D eigenvalue weighted by molar-refractivity contribution is -0.137. The van der Waals surface area contributed by atoms with Gasteiger partial charge in [0, 0.05) is 5.56 Å². The van der Waals surface area contributed by atoms with Crippen LogP contribution < -0.4 is 0 Å². The Morgan fingerprint density at radius 2 is 2.13 bits per heavy atom. The first-order chi connectivity index (χ1) is 7.04. The summed E-state index contributed by atoms with van der Waals surface area (Å²) in [5.74, 6) is 0. The molecular formula is C10H9F3NO. The first-order valence-electron chi connectivity index (χ1n) is 4.29. The van der Waals surface area contributed by atoms with Crippen LogP contribution in [0.3, 0.4) is 0 Å². The zero-order chi connectivity index (χ0) is 11.3. The van der Waals surface area contributed by atoms with E-state index in [4.69, 9.17) is 0 Å². The van der Waals surface area contributed by atoms with Crippen molar-refractivity contribution >= 4 is 6.21 Å². The fourth-order valence-corrected chi connectivity index (χ4v) is 0.915. The van der Waals surface area contributed by atoms with Crippen molar-refractivity contribution in [3.8, 4) is 0 Å². The summed E-state index contributed by atoms with van der Waals surface area (Å²) < 4.78 is 36.8. The standard InChI is InChI=1S/C10H9F3NO/c1-2-15-14-7-8-4-3-5-9(6-8)10(11,12)13/h3-6H,2H2,1H3. The highest BCUT2D eigenvalue weighted by Gasteiger charge is 2.30. The number of nitrogens with zero attached hydrogens (tertiary/aromatic N) is 1. The molecule has 1 aromatic rings. The van der Waals surface area contributed by atoms with E-state index >= 15 is 0 Å². The van der Waals surface area contributed by atoms with Crippen LogP contribution in [-0.4, -0.2) is 12.8 Å². The molecule has 0 aromatic heterocycles. The molecule has 15 heavy (non-hydrogen) atoms. The van der Waals surface area contributed by atoms with Crippen LogP contribution in [0.2, 0.25) is 0 Å². The van der Waals surface area contributed by atoms with Crippen LogP contribution in [0.5, 0.6) is 0 Å². The Morgan fingerprint density at radius 3 is 2.73 bits per heavy atom. The lowest BCUT2D eigenvalue weighted by atomic mass is 10.1. The first kappa shape index (κ1) is 11.6. The van der Waals surface area contributed by atoms with E-state index < -0.39 is 11.7 Å². The van der Waals surface area contributed by atoms with E-state index in [0.717, 1.165) is 12.1 Å². The first-order valence-corrected chi connectivity index (χ1v) is 4.29. The molecule has 0 amide bonds. The van der Waals surface area contributed by atoms with E-state index in [1.807, 2.05) is 0 Å². The van der Waals surface area contributed by atoms with Crippen LogP contribution in [0, 0.1) is 0 Å². The molecule has 0 spiro atoms. The van der Waals surface area contributed by atoms with Gasteiger partial charge in [0.1, 0.15) is 12.8 Å². The molecule has 0 saturated carbocycles. The van der Waals surface area contributed by atoms with Gasteiger partial charge in [-0.25, -0.2) is 0 Å². The fraction of sp³-hybridized carbons (Fsp3) is 0.300. The highest BCUT2D eigenvalue weighted by Crippen LogP contribution is 2.29. The zero-order valence-corrected chi connectivity index (χ0v) is 8.01. The lowest BCUT2D eigenvalue weighted by Crippen LogP contribution is -2.05. The molecule has 0 fully saturated rings. The highest BCUT2D eigenvalue weighted by molar-refractivity contribution is 5.79. The summed E-state index contributed by atoms with van der Waals surface area (Å²) in [6, 6.07) is 4.72. The molecule has 0 bridgehead atoms. The molecule has 0 aliphatic carbocycles. The molecule has 0 N–H and O–H groups in total. The number of hydrogen-bond donors (Lipinski definition) is 0. The van der Waals surface area contributed by atoms with Crippen molar-refractivity contribution < 1.29 is 18.0 Å². The summed E-state index contributed by atoms with van der Waals surface area (Å²) in [5.41, 5.74) is -0.488. The molecule has 81 valence electrons. The fourth-order valence-electron chi connectivity index (χ4n) is 0.915. The Hall–Kier alpha value is -1.52. The van der Waals surface area contributed by atoms with E-state index in [0.29, 0.717) is 6.61 Å². The van der Waals surface area contributed by atoms with E-state index in [9.17, 15) is 13.2 Å². The maximum absolute atomic E-state index is 12.3. The summed E-state index contributed by atoms with van der Waals surface area (Å²) in [6.07, 6.45) is -1.98. The van der Waals surface area contributed by atoms with Crippen LogP contribution in [0.25, 0.3) is 0 Å². The van der Waals surface area contributed by atoms with Gasteiger partial charge in [-0.1, -0.05) is 17.3 Å². The molecule has 0 atom stereocenters. The van der Waals surface area contributed by atoms with Gasteiger partial charge in [0.15, 0.2) is 0 Å². The third-order valence-electron chi connectivity index (χ3n) is 1.56. The summed E-state index contributed by atoms with van der Waals surface area (Å²) in [6.45, 7) is 2.07. The molecule has 0 aliphatic heterocycles. The van der Waals surface area contributed by atoms with Gasteiger partial charge >= 0.3 is 6.18 Å². The molecule has 2 nitrogen and oxygen atoms in total. The summed E-state index contributed by atoms with van der Waals surface area (Å²) in [7, 11) is 0. The number of halogens is 3. The van der Waals surface area contributed by atoms with Gasteiger partial charge in [-0.2, -0.15) is 13.2 Å². The highest BCUT2D eigenvalue weighted by atomic mass is 19.4. The monoisotopic (exact) mass is 216 g/mol. The Bertz CT molecular complexity index is 347.